The van der Waals surface area contributed by atoms with Gasteiger partial charge in [0.05, 0.1) is 6.04 Å². The Bertz CT molecular complexity index is 501. The number of nitrogens with zero attached hydrogens (tertiary/aromatic N) is 1. The summed E-state index contributed by atoms with van der Waals surface area (Å²) in [6.45, 7) is 2.49. The van der Waals surface area contributed by atoms with Crippen molar-refractivity contribution < 1.29 is 14.0 Å². The summed E-state index contributed by atoms with van der Waals surface area (Å²) < 4.78 is 12.8. The molecular formula is C15H19FN2O2. The van der Waals surface area contributed by atoms with Crippen molar-refractivity contribution in [1.82, 2.24) is 10.2 Å². The van der Waals surface area contributed by atoms with Gasteiger partial charge in [-0.15, -0.1) is 0 Å². The summed E-state index contributed by atoms with van der Waals surface area (Å²) in [5.41, 5.74) is 0.932. The molecule has 0 bridgehead atoms. The van der Waals surface area contributed by atoms with Crippen LogP contribution < -0.4 is 5.32 Å². The minimum Gasteiger partial charge on any atom is -0.351 e. The van der Waals surface area contributed by atoms with Gasteiger partial charge < -0.3 is 10.2 Å². The Hall–Kier alpha value is -1.91. The van der Waals surface area contributed by atoms with Crippen molar-refractivity contribution in [3.63, 3.8) is 0 Å². The van der Waals surface area contributed by atoms with Crippen LogP contribution in [0.1, 0.15) is 31.2 Å². The fraction of sp³-hybridized carbons (Fsp3) is 0.467. The highest BCUT2D eigenvalue weighted by Crippen LogP contribution is 2.19. The number of hydrogen-bond donors (Lipinski definition) is 1. The number of hydrogen-bond acceptors (Lipinski definition) is 2. The highest BCUT2D eigenvalue weighted by molar-refractivity contribution is 5.82. The van der Waals surface area contributed by atoms with E-state index in [9.17, 15) is 14.0 Å². The van der Waals surface area contributed by atoms with E-state index in [1.165, 1.54) is 12.1 Å². The standard InChI is InChI=1S/C15H19FN2O2/c1-10(11-3-5-12(16)6-4-11)7-14(19)17-13-8-15(20)18(2)9-13/h3-6,10,13H,7-9H2,1-2H3,(H,17,19)/t10-,13-/m1/s1. The first-order valence-electron chi connectivity index (χ1n) is 6.74. The van der Waals surface area contributed by atoms with Crippen molar-refractivity contribution in [3.8, 4) is 0 Å². The van der Waals surface area contributed by atoms with Gasteiger partial charge in [0.2, 0.25) is 11.8 Å². The molecule has 0 spiro atoms. The number of carbonyl (C=O) groups is 2. The maximum absolute atomic E-state index is 12.8. The zero-order valence-corrected chi connectivity index (χ0v) is 11.7. The van der Waals surface area contributed by atoms with Crippen LogP contribution in [0.3, 0.4) is 0 Å². The average molecular weight is 278 g/mol. The summed E-state index contributed by atoms with van der Waals surface area (Å²) in [4.78, 5) is 24.9. The van der Waals surface area contributed by atoms with Crippen LogP contribution in [-0.4, -0.2) is 36.3 Å². The highest BCUT2D eigenvalue weighted by Gasteiger charge is 2.28. The Balaban J connectivity index is 1.85. The Morgan fingerprint density at radius 2 is 2.10 bits per heavy atom. The molecular weight excluding hydrogens is 259 g/mol. The van der Waals surface area contributed by atoms with Crippen LogP contribution in [0.25, 0.3) is 0 Å². The molecule has 2 rings (SSSR count). The maximum Gasteiger partial charge on any atom is 0.224 e. The van der Waals surface area contributed by atoms with E-state index in [2.05, 4.69) is 5.32 Å². The van der Waals surface area contributed by atoms with Crippen molar-refractivity contribution in [2.45, 2.75) is 31.7 Å². The van der Waals surface area contributed by atoms with Crippen LogP contribution in [0, 0.1) is 5.82 Å². The largest absolute Gasteiger partial charge is 0.351 e. The zero-order chi connectivity index (χ0) is 14.7. The van der Waals surface area contributed by atoms with Crippen molar-refractivity contribution in [1.29, 1.82) is 0 Å². The van der Waals surface area contributed by atoms with Crippen LogP contribution in [0.2, 0.25) is 0 Å². The van der Waals surface area contributed by atoms with Gasteiger partial charge in [-0.25, -0.2) is 4.39 Å². The normalized spacial score (nSPS) is 20.1. The van der Waals surface area contributed by atoms with Crippen LogP contribution in [0.15, 0.2) is 24.3 Å². The minimum atomic E-state index is -0.280. The number of nitrogens with one attached hydrogen (secondary N) is 1. The summed E-state index contributed by atoms with van der Waals surface area (Å²) in [6, 6.07) is 6.09. The molecule has 4 nitrogen and oxygen atoms in total. The molecule has 1 aromatic carbocycles. The molecule has 0 aromatic heterocycles. The molecule has 1 N–H and O–H groups in total. The number of halogens is 1. The third-order valence-electron chi connectivity index (χ3n) is 3.64. The van der Waals surface area contributed by atoms with Crippen LogP contribution in [0.4, 0.5) is 4.39 Å². The lowest BCUT2D eigenvalue weighted by Gasteiger charge is -2.15. The number of rotatable bonds is 4. The van der Waals surface area contributed by atoms with Gasteiger partial charge in [-0.3, -0.25) is 9.59 Å². The summed E-state index contributed by atoms with van der Waals surface area (Å²) >= 11 is 0. The first-order chi connectivity index (χ1) is 9.45. The van der Waals surface area contributed by atoms with E-state index in [0.717, 1.165) is 5.56 Å². The fourth-order valence-corrected chi connectivity index (χ4v) is 2.43. The SMILES string of the molecule is C[C@H](CC(=O)N[C@@H]1CC(=O)N(C)C1)c1ccc(F)cc1. The third kappa shape index (κ3) is 3.56. The molecule has 1 aliphatic rings. The molecule has 0 radical (unpaired) electrons. The zero-order valence-electron chi connectivity index (χ0n) is 11.7. The number of likely N-dealkylation sites (N-methyl/N-ethyl adjacent to an activating group) is 1. The van der Waals surface area contributed by atoms with Crippen LogP contribution in [-0.2, 0) is 9.59 Å². The fourth-order valence-electron chi connectivity index (χ4n) is 2.43. The molecule has 1 fully saturated rings. The third-order valence-corrected chi connectivity index (χ3v) is 3.64. The van der Waals surface area contributed by atoms with Crippen LogP contribution >= 0.6 is 0 Å². The molecule has 0 aliphatic carbocycles. The maximum atomic E-state index is 12.8. The molecule has 108 valence electrons. The lowest BCUT2D eigenvalue weighted by molar-refractivity contribution is -0.126. The summed E-state index contributed by atoms with van der Waals surface area (Å²) in [6.07, 6.45) is 0.702. The molecule has 1 aliphatic heterocycles. The molecule has 5 heteroatoms. The monoisotopic (exact) mass is 278 g/mol. The van der Waals surface area contributed by atoms with E-state index in [1.54, 1.807) is 24.1 Å². The molecule has 1 saturated heterocycles. The van der Waals surface area contributed by atoms with E-state index < -0.39 is 0 Å². The van der Waals surface area contributed by atoms with E-state index >= 15 is 0 Å². The van der Waals surface area contributed by atoms with Gasteiger partial charge in [0.25, 0.3) is 0 Å². The van der Waals surface area contributed by atoms with Gasteiger partial charge in [-0.1, -0.05) is 19.1 Å². The number of amides is 2. The predicted octanol–water partition coefficient (Wildman–Crippen LogP) is 1.67. The van der Waals surface area contributed by atoms with E-state index in [1.807, 2.05) is 6.92 Å². The van der Waals surface area contributed by atoms with Crippen LogP contribution in [0.5, 0.6) is 0 Å². The van der Waals surface area contributed by atoms with Gasteiger partial charge >= 0.3 is 0 Å². The van der Waals surface area contributed by atoms with Crippen molar-refractivity contribution >= 4 is 11.8 Å². The summed E-state index contributed by atoms with van der Waals surface area (Å²) in [5, 5.41) is 2.88. The first kappa shape index (κ1) is 14.5. The van der Waals surface area contributed by atoms with Crippen molar-refractivity contribution in [2.75, 3.05) is 13.6 Å². The predicted molar refractivity (Wildman–Crippen MR) is 73.6 cm³/mol. The number of carbonyl (C=O) groups excluding carboxylic acids is 2. The summed E-state index contributed by atoms with van der Waals surface area (Å²) in [5.74, 6) is -0.278. The number of likely N-dealkylation sites (tertiary alicyclic amines) is 1. The highest BCUT2D eigenvalue weighted by atomic mass is 19.1. The Kier molecular flexibility index (Phi) is 4.37. The molecule has 0 unspecified atom stereocenters. The topological polar surface area (TPSA) is 49.4 Å². The molecule has 20 heavy (non-hydrogen) atoms. The van der Waals surface area contributed by atoms with Gasteiger partial charge in [0.15, 0.2) is 0 Å². The molecule has 2 amide bonds. The Labute approximate surface area is 118 Å². The van der Waals surface area contributed by atoms with Crippen molar-refractivity contribution in [3.05, 3.63) is 35.6 Å². The lowest BCUT2D eigenvalue weighted by atomic mass is 9.97. The first-order valence-corrected chi connectivity index (χ1v) is 6.74. The average Bonchev–Trinajstić information content (AvgIpc) is 2.68. The Morgan fingerprint density at radius 1 is 1.45 bits per heavy atom. The van der Waals surface area contributed by atoms with E-state index in [0.29, 0.717) is 19.4 Å². The minimum absolute atomic E-state index is 0.0189. The lowest BCUT2D eigenvalue weighted by Crippen LogP contribution is -2.36. The van der Waals surface area contributed by atoms with Gasteiger partial charge in [0, 0.05) is 26.4 Å². The number of benzene rings is 1. The van der Waals surface area contributed by atoms with Gasteiger partial charge in [-0.05, 0) is 23.6 Å². The molecule has 1 heterocycles. The van der Waals surface area contributed by atoms with Crippen molar-refractivity contribution in [2.24, 2.45) is 0 Å². The summed E-state index contributed by atoms with van der Waals surface area (Å²) in [7, 11) is 1.73. The van der Waals surface area contributed by atoms with E-state index in [4.69, 9.17) is 0 Å². The van der Waals surface area contributed by atoms with E-state index in [-0.39, 0.29) is 29.6 Å². The molecule has 2 atom stereocenters. The second-order valence-electron chi connectivity index (χ2n) is 5.40. The second-order valence-corrected chi connectivity index (χ2v) is 5.40. The Morgan fingerprint density at radius 3 is 2.65 bits per heavy atom. The molecule has 0 saturated carbocycles. The molecule has 1 aromatic rings. The second kappa shape index (κ2) is 6.03. The smallest absolute Gasteiger partial charge is 0.224 e. The van der Waals surface area contributed by atoms with Gasteiger partial charge in [-0.2, -0.15) is 0 Å². The van der Waals surface area contributed by atoms with Gasteiger partial charge in [0.1, 0.15) is 5.82 Å². The quantitative estimate of drug-likeness (QED) is 0.910.